The van der Waals surface area contributed by atoms with Gasteiger partial charge in [-0.1, -0.05) is 0 Å². The van der Waals surface area contributed by atoms with E-state index in [1.165, 1.54) is 6.61 Å². The first-order chi connectivity index (χ1) is 1.89. The van der Waals surface area contributed by atoms with Crippen LogP contribution in [-0.2, 0) is 4.74 Å². The smallest absolute Gasteiger partial charge is 0.184 e. The molecule has 0 amide bonds. The van der Waals surface area contributed by atoms with Crippen LogP contribution < -0.4 is 0 Å². The Morgan fingerprint density at radius 3 is 2.25 bits per heavy atom. The molecule has 1 atom stereocenters. The average Bonchev–Trinajstić information content (AvgIpc) is 1.75. The number of hydrogen-bond acceptors (Lipinski definition) is 2. The van der Waals surface area contributed by atoms with E-state index in [1.807, 2.05) is 0 Å². The summed E-state index contributed by atoms with van der Waals surface area (Å²) in [7, 11) is 0. The molecule has 2 nitrogen and oxygen atoms in total. The van der Waals surface area contributed by atoms with Crippen LogP contribution in [-0.4, -0.2) is 11.4 Å². The lowest BCUT2D eigenvalue weighted by Crippen LogP contribution is -1.67. The topological polar surface area (TPSA) is 32.8 Å². The van der Waals surface area contributed by atoms with E-state index in [2.05, 4.69) is 4.74 Å². The van der Waals surface area contributed by atoms with Gasteiger partial charge in [0.05, 0.1) is 0 Å². The van der Waals surface area contributed by atoms with E-state index in [9.17, 15) is 0 Å². The van der Waals surface area contributed by atoms with E-state index in [0.29, 0.717) is 0 Å². The van der Waals surface area contributed by atoms with Gasteiger partial charge in [-0.3, -0.25) is 0 Å². The number of rotatable bonds is 0. The number of aliphatic hydroxyl groups is 1. The summed E-state index contributed by atoms with van der Waals surface area (Å²) in [5.74, 6) is 0. The molecule has 1 fully saturated rings. The molecule has 0 bridgehead atoms. The lowest BCUT2D eigenvalue weighted by Gasteiger charge is -1.54. The molecule has 1 rings (SSSR count). The van der Waals surface area contributed by atoms with Crippen molar-refractivity contribution in [3.8, 4) is 0 Å². The van der Waals surface area contributed by atoms with Crippen LogP contribution in [0.2, 0.25) is 0 Å². The van der Waals surface area contributed by atoms with Crippen LogP contribution in [0.15, 0.2) is 0 Å². The molecule has 1 N–H and O–H groups in total. The Kier molecular flexibility index (Phi) is 0.242. The summed E-state index contributed by atoms with van der Waals surface area (Å²) >= 11 is 0. The number of ether oxygens (including phenoxy) is 1. The van der Waals surface area contributed by atoms with E-state index < -0.39 is 6.29 Å². The van der Waals surface area contributed by atoms with Crippen LogP contribution in [0.25, 0.3) is 0 Å². The van der Waals surface area contributed by atoms with Gasteiger partial charge in [0, 0.05) is 0 Å². The lowest BCUT2D eigenvalue weighted by atomic mass is 10.9. The molecular formula is C2H3O2. The highest BCUT2D eigenvalue weighted by Crippen LogP contribution is 2.08. The maximum absolute atomic E-state index is 7.89. The van der Waals surface area contributed by atoms with E-state index >= 15 is 0 Å². The van der Waals surface area contributed by atoms with Crippen molar-refractivity contribution in [3.05, 3.63) is 6.61 Å². The van der Waals surface area contributed by atoms with Crippen molar-refractivity contribution in [2.24, 2.45) is 0 Å². The van der Waals surface area contributed by atoms with Crippen molar-refractivity contribution in [2.75, 3.05) is 0 Å². The van der Waals surface area contributed by atoms with Crippen molar-refractivity contribution in [1.29, 1.82) is 0 Å². The Morgan fingerprint density at radius 1 is 2.00 bits per heavy atom. The molecule has 1 heterocycles. The fourth-order valence-electron chi connectivity index (χ4n) is 0.0351. The second kappa shape index (κ2) is 0.445. The Bertz CT molecular complexity index is 23.2. The van der Waals surface area contributed by atoms with Gasteiger partial charge < -0.3 is 9.84 Å². The predicted molar refractivity (Wildman–Crippen MR) is 11.4 cm³/mol. The van der Waals surface area contributed by atoms with Crippen LogP contribution >= 0.6 is 0 Å². The monoisotopic (exact) mass is 59.0 g/mol. The maximum atomic E-state index is 7.89. The molecule has 1 aliphatic heterocycles. The fraction of sp³-hybridized carbons (Fsp3) is 0.500. The number of epoxide rings is 1. The molecule has 1 radical (unpaired) electrons. The van der Waals surface area contributed by atoms with Crippen LogP contribution in [0.4, 0.5) is 0 Å². The summed E-state index contributed by atoms with van der Waals surface area (Å²) in [5.41, 5.74) is 0. The summed E-state index contributed by atoms with van der Waals surface area (Å²) < 4.78 is 4.14. The molecule has 0 aliphatic carbocycles. The van der Waals surface area contributed by atoms with Crippen molar-refractivity contribution in [1.82, 2.24) is 0 Å². The van der Waals surface area contributed by atoms with E-state index in [0.717, 1.165) is 0 Å². The second-order valence-electron chi connectivity index (χ2n) is 0.663. The van der Waals surface area contributed by atoms with Crippen LogP contribution in [0.1, 0.15) is 0 Å². The van der Waals surface area contributed by atoms with Gasteiger partial charge in [0.1, 0.15) is 6.61 Å². The van der Waals surface area contributed by atoms with Crippen LogP contribution in [0.3, 0.4) is 0 Å². The third-order valence-corrected chi connectivity index (χ3v) is 0.258. The van der Waals surface area contributed by atoms with Crippen molar-refractivity contribution >= 4 is 0 Å². The average molecular weight is 59.0 g/mol. The summed E-state index contributed by atoms with van der Waals surface area (Å²) in [6.45, 7) is 1.35. The summed E-state index contributed by atoms with van der Waals surface area (Å²) in [5, 5.41) is 7.89. The molecule has 0 spiro atoms. The molecular weight excluding hydrogens is 56.0 g/mol. The molecule has 0 aromatic rings. The van der Waals surface area contributed by atoms with Gasteiger partial charge in [0.15, 0.2) is 6.29 Å². The minimum Gasteiger partial charge on any atom is -0.366 e. The predicted octanol–water partition coefficient (Wildman–Crippen LogP) is -0.503. The van der Waals surface area contributed by atoms with Gasteiger partial charge in [-0.2, -0.15) is 0 Å². The second-order valence-corrected chi connectivity index (χ2v) is 0.663. The minimum absolute atomic E-state index is 0.542. The third kappa shape index (κ3) is 0.191. The van der Waals surface area contributed by atoms with Crippen molar-refractivity contribution in [3.63, 3.8) is 0 Å². The summed E-state index contributed by atoms with van der Waals surface area (Å²) in [6.07, 6.45) is -0.542. The molecule has 0 aromatic carbocycles. The van der Waals surface area contributed by atoms with E-state index in [4.69, 9.17) is 5.11 Å². The molecule has 23 valence electrons. The zero-order chi connectivity index (χ0) is 2.99. The highest BCUT2D eigenvalue weighted by atomic mass is 16.7. The molecule has 2 heteroatoms. The lowest BCUT2D eigenvalue weighted by molar-refractivity contribution is 0.156. The van der Waals surface area contributed by atoms with Gasteiger partial charge in [0.2, 0.25) is 0 Å². The third-order valence-electron chi connectivity index (χ3n) is 0.258. The fourth-order valence-corrected chi connectivity index (χ4v) is 0.0351. The molecule has 1 unspecified atom stereocenters. The SMILES string of the molecule is OC1[CH]O1. The molecule has 0 saturated carbocycles. The highest BCUT2D eigenvalue weighted by Gasteiger charge is 2.17. The quantitative estimate of drug-likeness (QED) is 0.381. The Morgan fingerprint density at radius 2 is 2.25 bits per heavy atom. The molecule has 4 heavy (non-hydrogen) atoms. The summed E-state index contributed by atoms with van der Waals surface area (Å²) in [4.78, 5) is 0. The van der Waals surface area contributed by atoms with Gasteiger partial charge in [-0.25, -0.2) is 0 Å². The first-order valence-corrected chi connectivity index (χ1v) is 1.06. The Hall–Kier alpha value is -0.0800. The first-order valence-electron chi connectivity index (χ1n) is 1.06. The van der Waals surface area contributed by atoms with Crippen LogP contribution in [0, 0.1) is 6.61 Å². The normalized spacial score (nSPS) is 39.8. The zero-order valence-electron chi connectivity index (χ0n) is 2.01. The van der Waals surface area contributed by atoms with Crippen molar-refractivity contribution in [2.45, 2.75) is 6.29 Å². The standard InChI is InChI=1S/C2H3O2/c3-2-1-4-2/h1-3H. The van der Waals surface area contributed by atoms with Gasteiger partial charge in [-0.05, 0) is 0 Å². The van der Waals surface area contributed by atoms with Gasteiger partial charge in [-0.15, -0.1) is 0 Å². The first kappa shape index (κ1) is 2.18. The van der Waals surface area contributed by atoms with Crippen LogP contribution in [0.5, 0.6) is 0 Å². The molecule has 0 aromatic heterocycles. The summed E-state index contributed by atoms with van der Waals surface area (Å²) in [6, 6.07) is 0. The maximum Gasteiger partial charge on any atom is 0.184 e. The van der Waals surface area contributed by atoms with Crippen molar-refractivity contribution < 1.29 is 9.84 Å². The molecule has 1 aliphatic rings. The highest BCUT2D eigenvalue weighted by molar-refractivity contribution is 4.68. The number of hydrogen-bond donors (Lipinski definition) is 1. The zero-order valence-corrected chi connectivity index (χ0v) is 2.01. The Balaban J connectivity index is 2.17. The van der Waals surface area contributed by atoms with E-state index in [1.54, 1.807) is 0 Å². The largest absolute Gasteiger partial charge is 0.366 e. The Labute approximate surface area is 24.0 Å². The minimum atomic E-state index is -0.542. The number of aliphatic hydroxyl groups excluding tert-OH is 1. The van der Waals surface area contributed by atoms with Gasteiger partial charge in [0.25, 0.3) is 0 Å². The van der Waals surface area contributed by atoms with E-state index in [-0.39, 0.29) is 0 Å². The molecule has 1 saturated heterocycles. The van der Waals surface area contributed by atoms with Gasteiger partial charge >= 0.3 is 0 Å².